The van der Waals surface area contributed by atoms with Gasteiger partial charge < -0.3 is 15.8 Å². The van der Waals surface area contributed by atoms with Gasteiger partial charge in [0.05, 0.1) is 13.2 Å². The third-order valence-corrected chi connectivity index (χ3v) is 3.90. The van der Waals surface area contributed by atoms with Gasteiger partial charge in [-0.25, -0.2) is 4.39 Å². The van der Waals surface area contributed by atoms with Gasteiger partial charge in [-0.05, 0) is 44.4 Å². The SMILES string of the molecule is COc1ccc(F)cc1C(C)NC(=O)CC1(N)CCC1. The molecule has 1 amide bonds. The number of amides is 1. The summed E-state index contributed by atoms with van der Waals surface area (Å²) in [5.74, 6) is 0.104. The van der Waals surface area contributed by atoms with Crippen LogP contribution in [0.3, 0.4) is 0 Å². The largest absolute Gasteiger partial charge is 0.496 e. The first kappa shape index (κ1) is 14.8. The van der Waals surface area contributed by atoms with Gasteiger partial charge in [-0.3, -0.25) is 4.79 Å². The van der Waals surface area contributed by atoms with Crippen LogP contribution in [0.25, 0.3) is 0 Å². The highest BCUT2D eigenvalue weighted by Gasteiger charge is 2.35. The summed E-state index contributed by atoms with van der Waals surface area (Å²) in [4.78, 5) is 12.0. The summed E-state index contributed by atoms with van der Waals surface area (Å²) in [6.07, 6.45) is 3.17. The fourth-order valence-electron chi connectivity index (χ4n) is 2.54. The first-order chi connectivity index (χ1) is 9.43. The maximum atomic E-state index is 13.3. The molecule has 3 N–H and O–H groups in total. The Labute approximate surface area is 118 Å². The molecule has 0 aromatic heterocycles. The lowest BCUT2D eigenvalue weighted by Gasteiger charge is -2.37. The number of nitrogens with two attached hydrogens (primary N) is 1. The molecule has 1 unspecified atom stereocenters. The molecular weight excluding hydrogens is 259 g/mol. The average Bonchev–Trinajstić information content (AvgIpc) is 2.36. The van der Waals surface area contributed by atoms with E-state index in [4.69, 9.17) is 10.5 Å². The number of hydrogen-bond acceptors (Lipinski definition) is 3. The quantitative estimate of drug-likeness (QED) is 0.869. The number of rotatable bonds is 5. The molecule has 1 aromatic rings. The van der Waals surface area contributed by atoms with Gasteiger partial charge in [0.1, 0.15) is 11.6 Å². The smallest absolute Gasteiger partial charge is 0.222 e. The number of ether oxygens (including phenoxy) is 1. The minimum atomic E-state index is -0.351. The average molecular weight is 280 g/mol. The zero-order valence-corrected chi connectivity index (χ0v) is 11.9. The van der Waals surface area contributed by atoms with E-state index in [0.29, 0.717) is 17.7 Å². The van der Waals surface area contributed by atoms with Crippen molar-refractivity contribution in [3.05, 3.63) is 29.6 Å². The Balaban J connectivity index is 2.02. The van der Waals surface area contributed by atoms with Crippen molar-refractivity contribution in [3.8, 4) is 5.75 Å². The molecule has 1 atom stereocenters. The molecular formula is C15H21FN2O2. The van der Waals surface area contributed by atoms with E-state index in [0.717, 1.165) is 19.3 Å². The lowest BCUT2D eigenvalue weighted by Crippen LogP contribution is -2.50. The number of carbonyl (C=O) groups is 1. The van der Waals surface area contributed by atoms with Gasteiger partial charge in [-0.1, -0.05) is 0 Å². The van der Waals surface area contributed by atoms with E-state index in [2.05, 4.69) is 5.32 Å². The van der Waals surface area contributed by atoms with E-state index >= 15 is 0 Å². The molecule has 0 aliphatic heterocycles. The first-order valence-corrected chi connectivity index (χ1v) is 6.85. The second-order valence-corrected chi connectivity index (χ2v) is 5.57. The van der Waals surface area contributed by atoms with Crippen LogP contribution in [0.15, 0.2) is 18.2 Å². The molecule has 1 aliphatic carbocycles. The predicted molar refractivity (Wildman–Crippen MR) is 74.9 cm³/mol. The normalized spacial score (nSPS) is 18.0. The van der Waals surface area contributed by atoms with Crippen LogP contribution in [0.2, 0.25) is 0 Å². The van der Waals surface area contributed by atoms with Crippen LogP contribution in [-0.2, 0) is 4.79 Å². The Morgan fingerprint density at radius 3 is 2.80 bits per heavy atom. The highest BCUT2D eigenvalue weighted by atomic mass is 19.1. The summed E-state index contributed by atoms with van der Waals surface area (Å²) >= 11 is 0. The third-order valence-electron chi connectivity index (χ3n) is 3.90. The number of hydrogen-bond donors (Lipinski definition) is 2. The topological polar surface area (TPSA) is 64.3 Å². The van der Waals surface area contributed by atoms with Gasteiger partial charge >= 0.3 is 0 Å². The molecule has 5 heteroatoms. The number of nitrogens with one attached hydrogen (secondary N) is 1. The number of carbonyl (C=O) groups excluding carboxylic acids is 1. The predicted octanol–water partition coefficient (Wildman–Crippen LogP) is 2.28. The van der Waals surface area contributed by atoms with Crippen LogP contribution < -0.4 is 15.8 Å². The van der Waals surface area contributed by atoms with E-state index in [1.165, 1.54) is 19.2 Å². The van der Waals surface area contributed by atoms with Crippen molar-refractivity contribution in [1.29, 1.82) is 0 Å². The second kappa shape index (κ2) is 5.79. The number of methoxy groups -OCH3 is 1. The summed E-state index contributed by atoms with van der Waals surface area (Å²) in [6.45, 7) is 1.80. The fourth-order valence-corrected chi connectivity index (χ4v) is 2.54. The molecule has 1 aliphatic rings. The van der Waals surface area contributed by atoms with Crippen molar-refractivity contribution in [2.75, 3.05) is 7.11 Å². The molecule has 0 spiro atoms. The zero-order chi connectivity index (χ0) is 14.8. The summed E-state index contributed by atoms with van der Waals surface area (Å²) < 4.78 is 18.5. The fraction of sp³-hybridized carbons (Fsp3) is 0.533. The van der Waals surface area contributed by atoms with Crippen LogP contribution in [0, 0.1) is 5.82 Å². The van der Waals surface area contributed by atoms with E-state index in [9.17, 15) is 9.18 Å². The highest BCUT2D eigenvalue weighted by Crippen LogP contribution is 2.32. The van der Waals surface area contributed by atoms with Crippen molar-refractivity contribution >= 4 is 5.91 Å². The first-order valence-electron chi connectivity index (χ1n) is 6.85. The zero-order valence-electron chi connectivity index (χ0n) is 11.9. The van der Waals surface area contributed by atoms with Crippen LogP contribution >= 0.6 is 0 Å². The second-order valence-electron chi connectivity index (χ2n) is 5.57. The van der Waals surface area contributed by atoms with E-state index in [1.54, 1.807) is 13.0 Å². The van der Waals surface area contributed by atoms with Gasteiger partial charge in [0.2, 0.25) is 5.91 Å². The van der Waals surface area contributed by atoms with Crippen molar-refractivity contribution < 1.29 is 13.9 Å². The number of halogens is 1. The molecule has 1 aromatic carbocycles. The monoisotopic (exact) mass is 280 g/mol. The Kier molecular flexibility index (Phi) is 4.28. The lowest BCUT2D eigenvalue weighted by molar-refractivity contribution is -0.123. The summed E-state index contributed by atoms with van der Waals surface area (Å²) in [7, 11) is 1.52. The van der Waals surface area contributed by atoms with Crippen LogP contribution in [-0.4, -0.2) is 18.6 Å². The van der Waals surface area contributed by atoms with Crippen LogP contribution in [0.1, 0.15) is 44.2 Å². The standard InChI is InChI=1S/C15H21FN2O2/c1-10(12-8-11(16)4-5-13(12)20-2)18-14(19)9-15(17)6-3-7-15/h4-5,8,10H,3,6-7,9,17H2,1-2H3,(H,18,19). The number of benzene rings is 1. The molecule has 0 saturated heterocycles. The van der Waals surface area contributed by atoms with Crippen molar-refractivity contribution in [1.82, 2.24) is 5.32 Å². The molecule has 0 heterocycles. The molecule has 110 valence electrons. The Morgan fingerprint density at radius 2 is 2.25 bits per heavy atom. The Hall–Kier alpha value is -1.62. The van der Waals surface area contributed by atoms with Crippen LogP contribution in [0.4, 0.5) is 4.39 Å². The molecule has 20 heavy (non-hydrogen) atoms. The van der Waals surface area contributed by atoms with Crippen molar-refractivity contribution in [3.63, 3.8) is 0 Å². The minimum Gasteiger partial charge on any atom is -0.496 e. The summed E-state index contributed by atoms with van der Waals surface area (Å²) in [5, 5.41) is 2.86. The van der Waals surface area contributed by atoms with Crippen molar-refractivity contribution in [2.24, 2.45) is 5.73 Å². The van der Waals surface area contributed by atoms with Crippen molar-refractivity contribution in [2.45, 2.75) is 44.2 Å². The van der Waals surface area contributed by atoms with Gasteiger partial charge in [0.15, 0.2) is 0 Å². The highest BCUT2D eigenvalue weighted by molar-refractivity contribution is 5.78. The molecule has 0 radical (unpaired) electrons. The summed E-state index contributed by atoms with van der Waals surface area (Å²) in [5.41, 5.74) is 6.33. The maximum Gasteiger partial charge on any atom is 0.222 e. The van der Waals surface area contributed by atoms with Gasteiger partial charge in [-0.2, -0.15) is 0 Å². The summed E-state index contributed by atoms with van der Waals surface area (Å²) in [6, 6.07) is 3.95. The van der Waals surface area contributed by atoms with E-state index in [1.807, 2.05) is 0 Å². The maximum absolute atomic E-state index is 13.3. The van der Waals surface area contributed by atoms with E-state index in [-0.39, 0.29) is 23.3 Å². The molecule has 0 bridgehead atoms. The van der Waals surface area contributed by atoms with Gasteiger partial charge in [0.25, 0.3) is 0 Å². The molecule has 4 nitrogen and oxygen atoms in total. The minimum absolute atomic E-state index is 0.106. The molecule has 1 saturated carbocycles. The van der Waals surface area contributed by atoms with Crippen LogP contribution in [0.5, 0.6) is 5.75 Å². The van der Waals surface area contributed by atoms with Gasteiger partial charge in [0, 0.05) is 17.5 Å². The third kappa shape index (κ3) is 3.28. The van der Waals surface area contributed by atoms with E-state index < -0.39 is 0 Å². The lowest BCUT2D eigenvalue weighted by atomic mass is 9.75. The van der Waals surface area contributed by atoms with Gasteiger partial charge in [-0.15, -0.1) is 0 Å². The Morgan fingerprint density at radius 1 is 1.55 bits per heavy atom. The molecule has 2 rings (SSSR count). The molecule has 1 fully saturated rings. The Bertz CT molecular complexity index is 501.